The molecule has 5 N–H and O–H groups in total. The van der Waals surface area contributed by atoms with Crippen molar-refractivity contribution in [2.24, 2.45) is 17.8 Å². The van der Waals surface area contributed by atoms with Gasteiger partial charge in [0, 0.05) is 23.6 Å². The smallest absolute Gasteiger partial charge is 0.304 e. The highest BCUT2D eigenvalue weighted by molar-refractivity contribution is 6.26. The van der Waals surface area contributed by atoms with Crippen LogP contribution in [0.25, 0.3) is 33.0 Å². The summed E-state index contributed by atoms with van der Waals surface area (Å²) >= 11 is 0. The fourth-order valence-electron chi connectivity index (χ4n) is 6.67. The molecule has 0 fully saturated rings. The Balaban J connectivity index is 0.00000257. The first-order chi connectivity index (χ1) is 24.8. The summed E-state index contributed by atoms with van der Waals surface area (Å²) in [6, 6.07) is 5.32. The Morgan fingerprint density at radius 1 is 0.923 bits per heavy atom. The summed E-state index contributed by atoms with van der Waals surface area (Å²) in [5, 5.41) is 42.9. The number of aromatic nitrogens is 1. The predicted octanol–water partition coefficient (Wildman–Crippen LogP) is 6.11. The number of ketones is 1. The first-order valence-corrected chi connectivity index (χ1v) is 17.3. The minimum absolute atomic E-state index is 0.000925. The Kier molecular flexibility index (Phi) is 11.5. The summed E-state index contributed by atoms with van der Waals surface area (Å²) in [4.78, 5) is 46.3. The third-order valence-electron chi connectivity index (χ3n) is 9.84. The van der Waals surface area contributed by atoms with Crippen LogP contribution in [-0.2, 0) is 9.53 Å². The van der Waals surface area contributed by atoms with Crippen LogP contribution in [0.1, 0.15) is 68.4 Å². The van der Waals surface area contributed by atoms with E-state index in [0.717, 1.165) is 12.7 Å². The molecule has 0 spiro atoms. The zero-order valence-corrected chi connectivity index (χ0v) is 30.4. The molecule has 0 saturated carbocycles. The monoisotopic (exact) mass is 714 g/mol. The number of hydrogen-bond donors (Lipinski definition) is 5. The van der Waals surface area contributed by atoms with Crippen LogP contribution in [0.4, 0.5) is 5.69 Å². The second kappa shape index (κ2) is 15.7. The van der Waals surface area contributed by atoms with E-state index in [0.29, 0.717) is 29.5 Å². The number of hydrogen-bond acceptors (Lipinski definition) is 11. The van der Waals surface area contributed by atoms with Crippen LogP contribution in [0.3, 0.4) is 0 Å². The van der Waals surface area contributed by atoms with E-state index in [1.807, 2.05) is 39.8 Å². The van der Waals surface area contributed by atoms with Gasteiger partial charge in [-0.3, -0.25) is 14.4 Å². The molecule has 1 aromatic heterocycles. The zero-order chi connectivity index (χ0) is 38.0. The molecule has 3 aromatic carbocycles. The number of carbonyl (C=O) groups is 2. The third-order valence-corrected chi connectivity index (χ3v) is 9.84. The van der Waals surface area contributed by atoms with Gasteiger partial charge in [-0.1, -0.05) is 51.1 Å². The molecule has 1 amide bonds. The molecule has 12 nitrogen and oxygen atoms in total. The Morgan fingerprint density at radius 3 is 2.37 bits per heavy atom. The van der Waals surface area contributed by atoms with Gasteiger partial charge >= 0.3 is 6.29 Å². The first kappa shape index (κ1) is 38.2. The van der Waals surface area contributed by atoms with E-state index in [9.17, 15) is 29.7 Å². The number of anilines is 1. The van der Waals surface area contributed by atoms with E-state index in [1.54, 1.807) is 37.3 Å². The molecule has 12 heteroatoms. The number of benzene rings is 3. The number of Topliss-reactive ketones (excluding diaryl/α,β-unsaturated/α-hetero) is 1. The van der Waals surface area contributed by atoms with E-state index >= 15 is 0 Å². The molecule has 0 aliphatic carbocycles. The van der Waals surface area contributed by atoms with Gasteiger partial charge in [0.15, 0.2) is 22.3 Å². The van der Waals surface area contributed by atoms with E-state index in [-0.39, 0.29) is 68.6 Å². The van der Waals surface area contributed by atoms with Gasteiger partial charge in [-0.05, 0) is 75.5 Å². The number of rotatable bonds is 0. The number of para-hydroxylation sites is 1. The lowest BCUT2D eigenvalue weighted by atomic mass is 9.87. The Hall–Kier alpha value is -5.04. The third kappa shape index (κ3) is 7.19. The molecule has 5 bridgehead atoms. The summed E-state index contributed by atoms with van der Waals surface area (Å²) in [6.45, 7) is 10.7. The highest BCUT2D eigenvalue weighted by Gasteiger charge is 2.40. The number of ether oxygens (including phenoxy) is 2. The van der Waals surface area contributed by atoms with Gasteiger partial charge in [0.1, 0.15) is 22.5 Å². The SMILES string of the molecule is C/C1=C/C=C/C(C)C[C@@H](C)C(O)CC(O)[C@H](C)C/C=C/OC2Oc3c(C)c(=O)c4c(O)c(c5oc6cccc(C)c6nc5c4c3C2=O)NC1=O.CO. The molecule has 0 saturated heterocycles. The maximum atomic E-state index is 14.0. The summed E-state index contributed by atoms with van der Waals surface area (Å²) in [5.74, 6) is -1.98. The summed E-state index contributed by atoms with van der Waals surface area (Å²) in [6.07, 6.45) is 6.63. The number of nitrogens with one attached hydrogen (secondary N) is 1. The number of aryl methyl sites for hydroxylation is 1. The summed E-state index contributed by atoms with van der Waals surface area (Å²) in [5.41, 5.74) is 1.25. The lowest BCUT2D eigenvalue weighted by Gasteiger charge is -2.25. The number of fused-ring (bicyclic) bond motifs is 14. The van der Waals surface area contributed by atoms with Crippen molar-refractivity contribution >= 4 is 50.3 Å². The molecule has 276 valence electrons. The molecule has 3 aliphatic rings. The second-order valence-corrected chi connectivity index (χ2v) is 13.7. The number of aromatic hydroxyl groups is 1. The number of amides is 1. The van der Waals surface area contributed by atoms with Gasteiger partial charge in [-0.15, -0.1) is 0 Å². The van der Waals surface area contributed by atoms with Crippen molar-refractivity contribution in [1.29, 1.82) is 0 Å². The minimum atomic E-state index is -1.43. The van der Waals surface area contributed by atoms with E-state index < -0.39 is 41.4 Å². The number of phenolic OH excluding ortho intramolecular Hbond substituents is 1. The van der Waals surface area contributed by atoms with Crippen LogP contribution in [0, 0.1) is 31.6 Å². The van der Waals surface area contributed by atoms with Crippen molar-refractivity contribution in [3.05, 3.63) is 81.3 Å². The van der Waals surface area contributed by atoms with Crippen molar-refractivity contribution in [3.63, 3.8) is 0 Å². The van der Waals surface area contributed by atoms with Crippen molar-refractivity contribution in [3.8, 4) is 11.5 Å². The highest BCUT2D eigenvalue weighted by Crippen LogP contribution is 2.46. The van der Waals surface area contributed by atoms with Crippen LogP contribution in [0.2, 0.25) is 0 Å². The normalized spacial score (nSPS) is 26.6. The average molecular weight is 715 g/mol. The maximum Gasteiger partial charge on any atom is 0.304 e. The molecule has 4 heterocycles. The summed E-state index contributed by atoms with van der Waals surface area (Å²) in [7, 11) is 1.00. The minimum Gasteiger partial charge on any atom is -0.505 e. The van der Waals surface area contributed by atoms with E-state index in [4.69, 9.17) is 24.0 Å². The molecule has 0 radical (unpaired) electrons. The zero-order valence-electron chi connectivity index (χ0n) is 30.4. The van der Waals surface area contributed by atoms with Crippen LogP contribution in [0.5, 0.6) is 11.5 Å². The Bertz CT molecular complexity index is 2180. The lowest BCUT2D eigenvalue weighted by molar-refractivity contribution is -0.112. The molecule has 4 unspecified atom stereocenters. The van der Waals surface area contributed by atoms with Gasteiger partial charge in [-0.2, -0.15) is 0 Å². The summed E-state index contributed by atoms with van der Waals surface area (Å²) < 4.78 is 17.9. The maximum absolute atomic E-state index is 14.0. The molecule has 4 aromatic rings. The number of carbonyl (C=O) groups excluding carboxylic acids is 2. The van der Waals surface area contributed by atoms with Crippen molar-refractivity contribution < 1.29 is 43.9 Å². The molecular formula is C40H46N2O10. The topological polar surface area (TPSA) is 189 Å². The number of allylic oxidation sites excluding steroid dienone is 4. The standard InChI is InChI=1S/C39H42N2O9.CH4O/c1-18-10-7-12-21(4)38(47)41-32-34(45)28-27(31-37(32)49-26-14-8-11-20(3)30(26)40-31)29-35(46)39(50-36(29)23(6)33(28)44)48-15-9-13-19(2)24(42)17-25(43)22(5)16-18;1-2/h7-12,14-15,18-19,22,24-25,39,42-43,45H,13,16-17H2,1-6H3,(H,41,47);2H,1H3/b10-7+,15-9+,21-12-;/t18?,19-,22-,24?,25?,39?;/m1./s1. The van der Waals surface area contributed by atoms with Gasteiger partial charge in [-0.25, -0.2) is 4.98 Å². The van der Waals surface area contributed by atoms with Crippen molar-refractivity contribution in [2.45, 2.75) is 79.3 Å². The molecule has 52 heavy (non-hydrogen) atoms. The van der Waals surface area contributed by atoms with Crippen molar-refractivity contribution in [2.75, 3.05) is 12.4 Å². The van der Waals surface area contributed by atoms with E-state index in [2.05, 4.69) is 5.32 Å². The number of phenols is 1. The largest absolute Gasteiger partial charge is 0.505 e. The molecule has 3 aliphatic heterocycles. The predicted molar refractivity (Wildman–Crippen MR) is 198 cm³/mol. The quantitative estimate of drug-likeness (QED) is 0.0803. The second-order valence-electron chi connectivity index (χ2n) is 13.7. The lowest BCUT2D eigenvalue weighted by Crippen LogP contribution is -2.28. The highest BCUT2D eigenvalue weighted by atomic mass is 16.7. The van der Waals surface area contributed by atoms with Gasteiger partial charge in [0.25, 0.3) is 5.91 Å². The molecular weight excluding hydrogens is 668 g/mol. The van der Waals surface area contributed by atoms with Crippen molar-refractivity contribution in [1.82, 2.24) is 4.98 Å². The average Bonchev–Trinajstić information content (AvgIpc) is 3.45. The Morgan fingerprint density at radius 2 is 1.63 bits per heavy atom. The molecule has 7 rings (SSSR count). The fraction of sp³-hybridized carbons (Fsp3) is 0.400. The van der Waals surface area contributed by atoms with Crippen LogP contribution < -0.4 is 15.5 Å². The number of nitrogens with zero attached hydrogens (tertiary/aromatic N) is 1. The van der Waals surface area contributed by atoms with Crippen LogP contribution >= 0.6 is 0 Å². The Labute approximate surface area is 301 Å². The van der Waals surface area contributed by atoms with Crippen LogP contribution in [-0.4, -0.2) is 62.7 Å². The number of aliphatic hydroxyl groups is 3. The number of aliphatic hydroxyl groups excluding tert-OH is 3. The molecule has 6 atom stereocenters. The van der Waals surface area contributed by atoms with Gasteiger partial charge in [0.05, 0.1) is 29.4 Å². The van der Waals surface area contributed by atoms with Gasteiger partial charge < -0.3 is 39.6 Å². The van der Waals surface area contributed by atoms with Crippen LogP contribution in [0.15, 0.2) is 63.6 Å². The first-order valence-electron chi connectivity index (χ1n) is 17.3. The van der Waals surface area contributed by atoms with Gasteiger partial charge in [0.2, 0.25) is 5.78 Å². The van der Waals surface area contributed by atoms with E-state index in [1.165, 1.54) is 13.2 Å². The fourth-order valence-corrected chi connectivity index (χ4v) is 6.67.